The van der Waals surface area contributed by atoms with Gasteiger partial charge in [-0.1, -0.05) is 12.5 Å². The SMILES string of the molecule is O=C(CCCCCNC(=O)C(F)(F)F)NC(CN1CCCC1)[C@H](O)c1ccc2c(c1)OCCO2. The number of alkyl halides is 3. The van der Waals surface area contributed by atoms with E-state index in [9.17, 15) is 27.9 Å². The molecule has 2 heterocycles. The fourth-order valence-electron chi connectivity index (χ4n) is 4.11. The smallest absolute Gasteiger partial charge is 0.471 e. The molecule has 0 aromatic heterocycles. The van der Waals surface area contributed by atoms with Gasteiger partial charge in [0.05, 0.1) is 6.04 Å². The van der Waals surface area contributed by atoms with Crippen molar-refractivity contribution in [2.24, 2.45) is 0 Å². The lowest BCUT2D eigenvalue weighted by Gasteiger charge is -2.29. The number of ether oxygens (including phenoxy) is 2. The van der Waals surface area contributed by atoms with Crippen LogP contribution in [0, 0.1) is 0 Å². The minimum Gasteiger partial charge on any atom is -0.486 e. The largest absolute Gasteiger partial charge is 0.486 e. The molecule has 1 unspecified atom stereocenters. The van der Waals surface area contributed by atoms with Crippen LogP contribution in [0.2, 0.25) is 0 Å². The molecule has 3 N–H and O–H groups in total. The summed E-state index contributed by atoms with van der Waals surface area (Å²) in [5.74, 6) is -1.01. The number of aliphatic hydroxyl groups is 1. The van der Waals surface area contributed by atoms with Crippen molar-refractivity contribution in [1.29, 1.82) is 0 Å². The maximum atomic E-state index is 12.6. The Kier molecular flexibility index (Phi) is 9.40. The number of carbonyl (C=O) groups is 2. The summed E-state index contributed by atoms with van der Waals surface area (Å²) in [4.78, 5) is 25.6. The minimum atomic E-state index is -4.89. The highest BCUT2D eigenvalue weighted by molar-refractivity contribution is 5.81. The molecule has 1 aromatic rings. The summed E-state index contributed by atoms with van der Waals surface area (Å²) in [6, 6.07) is 4.72. The second kappa shape index (κ2) is 12.3. The number of likely N-dealkylation sites (tertiary alicyclic amines) is 1. The van der Waals surface area contributed by atoms with E-state index in [0.29, 0.717) is 56.1 Å². The molecular formula is C23H32F3N3O5. The molecule has 34 heavy (non-hydrogen) atoms. The first-order valence-corrected chi connectivity index (χ1v) is 11.7. The second-order valence-corrected chi connectivity index (χ2v) is 8.59. The zero-order valence-electron chi connectivity index (χ0n) is 19.0. The van der Waals surface area contributed by atoms with Crippen molar-refractivity contribution in [3.05, 3.63) is 23.8 Å². The van der Waals surface area contributed by atoms with Crippen LogP contribution >= 0.6 is 0 Å². The standard InChI is InChI=1S/C23H32F3N3O5/c24-23(25,26)22(32)27-9-3-1-2-6-20(30)28-17(15-29-10-4-5-11-29)21(31)16-7-8-18-19(14-16)34-13-12-33-18/h7-8,14,17,21,31H,1-6,9-13,15H2,(H,27,32)(H,28,30)/t17?,21-/m1/s1. The van der Waals surface area contributed by atoms with Gasteiger partial charge < -0.3 is 30.1 Å². The van der Waals surface area contributed by atoms with Gasteiger partial charge in [-0.25, -0.2) is 0 Å². The summed E-state index contributed by atoms with van der Waals surface area (Å²) >= 11 is 0. The van der Waals surface area contributed by atoms with Gasteiger partial charge in [-0.2, -0.15) is 13.2 Å². The van der Waals surface area contributed by atoms with E-state index in [0.717, 1.165) is 25.9 Å². The molecule has 1 saturated heterocycles. The van der Waals surface area contributed by atoms with E-state index in [2.05, 4.69) is 10.2 Å². The quantitative estimate of drug-likeness (QED) is 0.415. The number of unbranched alkanes of at least 4 members (excludes halogenated alkanes) is 2. The lowest BCUT2D eigenvalue weighted by Crippen LogP contribution is -2.46. The van der Waals surface area contributed by atoms with Crippen molar-refractivity contribution in [3.8, 4) is 11.5 Å². The number of hydrogen-bond donors (Lipinski definition) is 3. The number of carbonyl (C=O) groups excluding carboxylic acids is 2. The summed E-state index contributed by atoms with van der Waals surface area (Å²) in [5, 5.41) is 15.8. The van der Waals surface area contributed by atoms with Gasteiger partial charge in [-0.05, 0) is 56.5 Å². The van der Waals surface area contributed by atoms with E-state index in [1.807, 2.05) is 5.32 Å². The van der Waals surface area contributed by atoms with E-state index in [-0.39, 0.29) is 18.9 Å². The average molecular weight is 488 g/mol. The molecule has 1 aromatic carbocycles. The number of halogens is 3. The molecule has 8 nitrogen and oxygen atoms in total. The Balaban J connectivity index is 1.49. The van der Waals surface area contributed by atoms with Gasteiger partial charge in [0.15, 0.2) is 11.5 Å². The van der Waals surface area contributed by atoms with Gasteiger partial charge >= 0.3 is 12.1 Å². The predicted molar refractivity (Wildman–Crippen MR) is 118 cm³/mol. The fraction of sp³-hybridized carbons (Fsp3) is 0.652. The third kappa shape index (κ3) is 7.76. The predicted octanol–water partition coefficient (Wildman–Crippen LogP) is 2.31. The molecular weight excluding hydrogens is 455 g/mol. The molecule has 3 rings (SSSR count). The van der Waals surface area contributed by atoms with Crippen molar-refractivity contribution < 1.29 is 37.3 Å². The molecule has 0 saturated carbocycles. The van der Waals surface area contributed by atoms with E-state index < -0.39 is 24.2 Å². The summed E-state index contributed by atoms with van der Waals surface area (Å²) in [5.41, 5.74) is 0.620. The summed E-state index contributed by atoms with van der Waals surface area (Å²) < 4.78 is 47.6. The Morgan fingerprint density at radius 2 is 1.76 bits per heavy atom. The Labute approximate surface area is 196 Å². The van der Waals surface area contributed by atoms with Crippen LogP contribution in [0.3, 0.4) is 0 Å². The first-order valence-electron chi connectivity index (χ1n) is 11.7. The number of fused-ring (bicyclic) bond motifs is 1. The van der Waals surface area contributed by atoms with Crippen LogP contribution in [0.4, 0.5) is 13.2 Å². The summed E-state index contributed by atoms with van der Waals surface area (Å²) in [7, 11) is 0. The number of nitrogens with one attached hydrogen (secondary N) is 2. The Morgan fingerprint density at radius 1 is 1.06 bits per heavy atom. The van der Waals surface area contributed by atoms with Crippen molar-refractivity contribution in [1.82, 2.24) is 15.5 Å². The van der Waals surface area contributed by atoms with E-state index in [1.165, 1.54) is 0 Å². The highest BCUT2D eigenvalue weighted by Crippen LogP contribution is 2.33. The molecule has 2 aliphatic rings. The Hall–Kier alpha value is -2.53. The van der Waals surface area contributed by atoms with E-state index in [4.69, 9.17) is 9.47 Å². The third-order valence-electron chi connectivity index (χ3n) is 5.91. The normalized spacial score (nSPS) is 17.8. The van der Waals surface area contributed by atoms with Gasteiger partial charge in [0.1, 0.15) is 19.3 Å². The molecule has 2 atom stereocenters. The maximum Gasteiger partial charge on any atom is 0.471 e. The lowest BCUT2D eigenvalue weighted by molar-refractivity contribution is -0.173. The first kappa shape index (κ1) is 26.1. The average Bonchev–Trinajstić information content (AvgIpc) is 3.32. The number of amides is 2. The van der Waals surface area contributed by atoms with Gasteiger partial charge in [0.2, 0.25) is 5.91 Å². The van der Waals surface area contributed by atoms with Crippen LogP contribution in [-0.4, -0.2) is 73.4 Å². The van der Waals surface area contributed by atoms with Gasteiger partial charge in [-0.3, -0.25) is 9.59 Å². The van der Waals surface area contributed by atoms with E-state index in [1.54, 1.807) is 18.2 Å². The molecule has 0 bridgehead atoms. The monoisotopic (exact) mass is 487 g/mol. The Bertz CT molecular complexity index is 831. The number of benzene rings is 1. The molecule has 1 fully saturated rings. The van der Waals surface area contributed by atoms with Gasteiger partial charge in [0, 0.05) is 19.5 Å². The zero-order valence-corrected chi connectivity index (χ0v) is 19.0. The third-order valence-corrected chi connectivity index (χ3v) is 5.91. The molecule has 0 aliphatic carbocycles. The number of hydrogen-bond acceptors (Lipinski definition) is 6. The molecule has 190 valence electrons. The Morgan fingerprint density at radius 3 is 2.47 bits per heavy atom. The highest BCUT2D eigenvalue weighted by Gasteiger charge is 2.38. The fourth-order valence-corrected chi connectivity index (χ4v) is 4.11. The van der Waals surface area contributed by atoms with Crippen molar-refractivity contribution >= 4 is 11.8 Å². The minimum absolute atomic E-state index is 0.0968. The number of aliphatic hydroxyl groups excluding tert-OH is 1. The molecule has 11 heteroatoms. The summed E-state index contributed by atoms with van der Waals surface area (Å²) in [6.07, 6.45) is -2.21. The van der Waals surface area contributed by atoms with Gasteiger partial charge in [0.25, 0.3) is 0 Å². The highest BCUT2D eigenvalue weighted by atomic mass is 19.4. The first-order chi connectivity index (χ1) is 16.2. The van der Waals surface area contributed by atoms with Crippen LogP contribution in [-0.2, 0) is 9.59 Å². The number of rotatable bonds is 11. The molecule has 2 aliphatic heterocycles. The zero-order chi connectivity index (χ0) is 24.6. The second-order valence-electron chi connectivity index (χ2n) is 8.59. The topological polar surface area (TPSA) is 100 Å². The van der Waals surface area contributed by atoms with Crippen LogP contribution < -0.4 is 20.1 Å². The van der Waals surface area contributed by atoms with E-state index >= 15 is 0 Å². The summed E-state index contributed by atoms with van der Waals surface area (Å²) in [6.45, 7) is 3.12. The lowest BCUT2D eigenvalue weighted by atomic mass is 10.0. The van der Waals surface area contributed by atoms with Gasteiger partial charge in [-0.15, -0.1) is 0 Å². The van der Waals surface area contributed by atoms with Crippen molar-refractivity contribution in [2.45, 2.75) is 56.8 Å². The molecule has 0 spiro atoms. The molecule has 0 radical (unpaired) electrons. The van der Waals surface area contributed by atoms with Crippen molar-refractivity contribution in [2.75, 3.05) is 39.4 Å². The van der Waals surface area contributed by atoms with Crippen molar-refractivity contribution in [3.63, 3.8) is 0 Å². The molecule has 2 amide bonds. The van der Waals surface area contributed by atoms with Crippen LogP contribution in [0.25, 0.3) is 0 Å². The number of nitrogens with zero attached hydrogens (tertiary/aromatic N) is 1. The van der Waals surface area contributed by atoms with Crippen LogP contribution in [0.5, 0.6) is 11.5 Å². The maximum absolute atomic E-state index is 12.6. The van der Waals surface area contributed by atoms with Crippen LogP contribution in [0.1, 0.15) is 50.2 Å². The van der Waals surface area contributed by atoms with Crippen LogP contribution in [0.15, 0.2) is 18.2 Å².